The molecule has 0 spiro atoms. The average molecular weight is 392 g/mol. The van der Waals surface area contributed by atoms with Gasteiger partial charge in [0.25, 0.3) is 0 Å². The van der Waals surface area contributed by atoms with Crippen molar-refractivity contribution in [2.24, 2.45) is 0 Å². The third-order valence-corrected chi connectivity index (χ3v) is 4.79. The highest BCUT2D eigenvalue weighted by Gasteiger charge is 2.19. The molecule has 1 aliphatic rings. The van der Waals surface area contributed by atoms with Crippen LogP contribution in [0.15, 0.2) is 21.1 Å². The molecule has 0 amide bonds. The highest BCUT2D eigenvalue weighted by Crippen LogP contribution is 2.37. The Morgan fingerprint density at radius 3 is 2.84 bits per heavy atom. The van der Waals surface area contributed by atoms with E-state index in [4.69, 9.17) is 4.74 Å². The van der Waals surface area contributed by atoms with Crippen molar-refractivity contribution >= 4 is 37.5 Å². The lowest BCUT2D eigenvalue weighted by Gasteiger charge is -2.27. The van der Waals surface area contributed by atoms with E-state index in [0.717, 1.165) is 40.8 Å². The molecule has 0 bridgehead atoms. The van der Waals surface area contributed by atoms with Crippen LogP contribution in [0.25, 0.3) is 0 Å². The first-order chi connectivity index (χ1) is 9.15. The van der Waals surface area contributed by atoms with Gasteiger partial charge in [0.15, 0.2) is 0 Å². The predicted molar refractivity (Wildman–Crippen MR) is 87.3 cm³/mol. The third-order valence-electron chi connectivity index (χ3n) is 3.53. The van der Waals surface area contributed by atoms with Gasteiger partial charge in [-0.05, 0) is 57.3 Å². The van der Waals surface area contributed by atoms with E-state index < -0.39 is 0 Å². The zero-order valence-electron chi connectivity index (χ0n) is 11.4. The molecule has 1 atom stereocenters. The molecule has 1 N–H and O–H groups in total. The number of hydrogen-bond acceptors (Lipinski definition) is 3. The van der Waals surface area contributed by atoms with E-state index in [-0.39, 0.29) is 0 Å². The number of hydrogen-bond donors (Lipinski definition) is 1. The van der Waals surface area contributed by atoms with Crippen LogP contribution in [0.1, 0.15) is 19.8 Å². The van der Waals surface area contributed by atoms with Crippen molar-refractivity contribution < 1.29 is 4.74 Å². The molecule has 106 valence electrons. The molecule has 1 unspecified atom stereocenters. The number of anilines is 1. The second-order valence-corrected chi connectivity index (χ2v) is 6.51. The van der Waals surface area contributed by atoms with E-state index in [1.807, 2.05) is 0 Å². The fourth-order valence-corrected chi connectivity index (χ4v) is 3.81. The summed E-state index contributed by atoms with van der Waals surface area (Å²) < 4.78 is 7.49. The zero-order chi connectivity index (χ0) is 13.8. The second-order valence-electron chi connectivity index (χ2n) is 4.80. The van der Waals surface area contributed by atoms with Crippen LogP contribution in [-0.4, -0.2) is 32.8 Å². The summed E-state index contributed by atoms with van der Waals surface area (Å²) in [5, 5.41) is 3.59. The van der Waals surface area contributed by atoms with Gasteiger partial charge in [-0.2, -0.15) is 0 Å². The lowest BCUT2D eigenvalue weighted by molar-refractivity contribution is 0.412. The Balaban J connectivity index is 2.28. The second kappa shape index (κ2) is 6.95. The van der Waals surface area contributed by atoms with E-state index >= 15 is 0 Å². The molecule has 2 rings (SSSR count). The molecule has 1 aromatic carbocycles. The Labute approximate surface area is 132 Å². The molecule has 0 saturated carbocycles. The third kappa shape index (κ3) is 3.64. The van der Waals surface area contributed by atoms with Gasteiger partial charge in [0.2, 0.25) is 0 Å². The van der Waals surface area contributed by atoms with Gasteiger partial charge in [0, 0.05) is 29.7 Å². The fourth-order valence-electron chi connectivity index (χ4n) is 2.41. The molecular formula is C14H20Br2N2O. The van der Waals surface area contributed by atoms with E-state index in [1.165, 1.54) is 12.1 Å². The molecule has 1 aliphatic heterocycles. The monoisotopic (exact) mass is 390 g/mol. The number of halogens is 2. The molecule has 3 nitrogen and oxygen atoms in total. The number of ether oxygens (including phenoxy) is 1. The van der Waals surface area contributed by atoms with Gasteiger partial charge >= 0.3 is 0 Å². The molecule has 1 aromatic rings. The Kier molecular flexibility index (Phi) is 5.54. The number of nitrogens with one attached hydrogen (secondary N) is 1. The minimum Gasteiger partial charge on any atom is -0.495 e. The van der Waals surface area contributed by atoms with Crippen molar-refractivity contribution in [3.8, 4) is 5.75 Å². The van der Waals surface area contributed by atoms with Gasteiger partial charge in [-0.3, -0.25) is 0 Å². The van der Waals surface area contributed by atoms with Crippen molar-refractivity contribution in [2.75, 3.05) is 31.6 Å². The van der Waals surface area contributed by atoms with E-state index in [0.29, 0.717) is 6.04 Å². The van der Waals surface area contributed by atoms with Crippen molar-refractivity contribution in [2.45, 2.75) is 25.8 Å². The number of methoxy groups -OCH3 is 1. The standard InChI is InChI=1S/C14H20Br2N2O/c1-3-10-9-18(6-4-5-17-10)13-8-14(19-2)12(16)7-11(13)15/h7-8,10,17H,3-6,9H2,1-2H3. The van der Waals surface area contributed by atoms with Crippen LogP contribution in [0.3, 0.4) is 0 Å². The zero-order valence-corrected chi connectivity index (χ0v) is 14.6. The summed E-state index contributed by atoms with van der Waals surface area (Å²) in [7, 11) is 1.70. The maximum Gasteiger partial charge on any atom is 0.135 e. The van der Waals surface area contributed by atoms with E-state index in [2.05, 4.69) is 61.1 Å². The first kappa shape index (κ1) is 15.1. The minimum atomic E-state index is 0.559. The summed E-state index contributed by atoms with van der Waals surface area (Å²) >= 11 is 7.19. The van der Waals surface area contributed by atoms with Crippen molar-refractivity contribution in [1.82, 2.24) is 5.32 Å². The van der Waals surface area contributed by atoms with Gasteiger partial charge < -0.3 is 15.0 Å². The van der Waals surface area contributed by atoms with Crippen molar-refractivity contribution in [1.29, 1.82) is 0 Å². The predicted octanol–water partition coefficient (Wildman–Crippen LogP) is 3.80. The fraction of sp³-hybridized carbons (Fsp3) is 0.571. The number of nitrogens with zero attached hydrogens (tertiary/aromatic N) is 1. The van der Waals surface area contributed by atoms with Crippen LogP contribution < -0.4 is 15.0 Å². The molecular weight excluding hydrogens is 372 g/mol. The first-order valence-corrected chi connectivity index (χ1v) is 8.25. The highest BCUT2D eigenvalue weighted by atomic mass is 79.9. The SMILES string of the molecule is CCC1CN(c2cc(OC)c(Br)cc2Br)CCCN1. The maximum atomic E-state index is 5.41. The summed E-state index contributed by atoms with van der Waals surface area (Å²) in [6, 6.07) is 4.73. The van der Waals surface area contributed by atoms with Crippen molar-refractivity contribution in [3.63, 3.8) is 0 Å². The molecule has 0 aliphatic carbocycles. The van der Waals surface area contributed by atoms with Gasteiger partial charge in [0.1, 0.15) is 5.75 Å². The first-order valence-electron chi connectivity index (χ1n) is 6.67. The summed E-state index contributed by atoms with van der Waals surface area (Å²) in [6.45, 7) is 5.45. The van der Waals surface area contributed by atoms with E-state index in [9.17, 15) is 0 Å². The largest absolute Gasteiger partial charge is 0.495 e. The molecule has 0 radical (unpaired) electrons. The Morgan fingerprint density at radius 1 is 1.37 bits per heavy atom. The van der Waals surface area contributed by atoms with Gasteiger partial charge in [-0.1, -0.05) is 6.92 Å². The number of benzene rings is 1. The maximum absolute atomic E-state index is 5.41. The Bertz CT molecular complexity index is 440. The molecule has 0 aromatic heterocycles. The number of rotatable bonds is 3. The van der Waals surface area contributed by atoms with Crippen LogP contribution in [0, 0.1) is 0 Å². The smallest absolute Gasteiger partial charge is 0.135 e. The van der Waals surface area contributed by atoms with Crippen molar-refractivity contribution in [3.05, 3.63) is 21.1 Å². The molecule has 1 saturated heterocycles. The van der Waals surface area contributed by atoms with Crippen LogP contribution in [0.4, 0.5) is 5.69 Å². The molecule has 1 heterocycles. The van der Waals surface area contributed by atoms with Crippen LogP contribution in [-0.2, 0) is 0 Å². The quantitative estimate of drug-likeness (QED) is 0.847. The lowest BCUT2D eigenvalue weighted by Crippen LogP contribution is -2.37. The van der Waals surface area contributed by atoms with E-state index in [1.54, 1.807) is 7.11 Å². The highest BCUT2D eigenvalue weighted by molar-refractivity contribution is 9.11. The lowest BCUT2D eigenvalue weighted by atomic mass is 10.2. The molecule has 19 heavy (non-hydrogen) atoms. The Morgan fingerprint density at radius 2 is 2.16 bits per heavy atom. The van der Waals surface area contributed by atoms with Gasteiger partial charge in [-0.25, -0.2) is 0 Å². The van der Waals surface area contributed by atoms with Crippen LogP contribution in [0.5, 0.6) is 5.75 Å². The summed E-state index contributed by atoms with van der Waals surface area (Å²) in [6.07, 6.45) is 2.32. The van der Waals surface area contributed by atoms with Gasteiger partial charge in [0.05, 0.1) is 17.3 Å². The topological polar surface area (TPSA) is 24.5 Å². The van der Waals surface area contributed by atoms with Crippen LogP contribution >= 0.6 is 31.9 Å². The van der Waals surface area contributed by atoms with Gasteiger partial charge in [-0.15, -0.1) is 0 Å². The summed E-state index contributed by atoms with van der Waals surface area (Å²) in [4.78, 5) is 2.44. The average Bonchev–Trinajstić information content (AvgIpc) is 2.64. The molecule has 1 fully saturated rings. The summed E-state index contributed by atoms with van der Waals surface area (Å²) in [5.74, 6) is 0.878. The summed E-state index contributed by atoms with van der Waals surface area (Å²) in [5.41, 5.74) is 1.21. The van der Waals surface area contributed by atoms with Crippen LogP contribution in [0.2, 0.25) is 0 Å². The normalized spacial score (nSPS) is 20.2. The molecule has 5 heteroatoms. The Hall–Kier alpha value is -0.260. The minimum absolute atomic E-state index is 0.559.